The van der Waals surface area contributed by atoms with Crippen molar-refractivity contribution >= 4 is 29.4 Å². The number of nitrogens with one attached hydrogen (secondary N) is 3. The Balaban J connectivity index is 1.71. The highest BCUT2D eigenvalue weighted by Crippen LogP contribution is 2.09. The fourth-order valence-corrected chi connectivity index (χ4v) is 1.76. The summed E-state index contributed by atoms with van der Waals surface area (Å²) >= 11 is 5.71. The Morgan fingerprint density at radius 1 is 0.917 bits per heavy atom. The summed E-state index contributed by atoms with van der Waals surface area (Å²) in [4.78, 5) is 34.9. The van der Waals surface area contributed by atoms with E-state index in [-0.39, 0.29) is 12.2 Å². The summed E-state index contributed by atoms with van der Waals surface area (Å²) in [6.07, 6.45) is 0. The first-order valence-corrected chi connectivity index (χ1v) is 7.26. The maximum atomic E-state index is 11.8. The Morgan fingerprint density at radius 2 is 1.58 bits per heavy atom. The number of carbonyl (C=O) groups is 3. The molecule has 2 aromatic rings. The molecule has 7 nitrogen and oxygen atoms in total. The van der Waals surface area contributed by atoms with Crippen molar-refractivity contribution in [3.63, 3.8) is 0 Å². The average molecular weight is 348 g/mol. The van der Waals surface area contributed by atoms with E-state index in [0.29, 0.717) is 10.8 Å². The SMILES string of the molecule is O=C(COc1ccccc1)NNC(=O)NC(=O)c1ccc(Cl)cc1. The predicted octanol–water partition coefficient (Wildman–Crippen LogP) is 1.89. The third-order valence-electron chi connectivity index (χ3n) is 2.76. The van der Waals surface area contributed by atoms with Gasteiger partial charge in [0.1, 0.15) is 5.75 Å². The van der Waals surface area contributed by atoms with E-state index in [4.69, 9.17) is 16.3 Å². The first-order valence-electron chi connectivity index (χ1n) is 6.88. The Hall–Kier alpha value is -3.06. The standard InChI is InChI=1S/C16H14ClN3O4/c17-12-8-6-11(7-9-12)15(22)18-16(23)20-19-14(21)10-24-13-4-2-1-3-5-13/h1-9H,10H2,(H,19,21)(H2,18,20,22,23). The number of carbonyl (C=O) groups excluding carboxylic acids is 3. The molecular formula is C16H14ClN3O4. The maximum absolute atomic E-state index is 11.8. The highest BCUT2D eigenvalue weighted by Gasteiger charge is 2.11. The summed E-state index contributed by atoms with van der Waals surface area (Å²) in [5.74, 6) is -0.679. The lowest BCUT2D eigenvalue weighted by molar-refractivity contribution is -0.123. The van der Waals surface area contributed by atoms with Crippen molar-refractivity contribution < 1.29 is 19.1 Å². The molecule has 0 spiro atoms. The van der Waals surface area contributed by atoms with Crippen LogP contribution < -0.4 is 20.9 Å². The molecule has 8 heteroatoms. The second-order valence-corrected chi connectivity index (χ2v) is 5.00. The van der Waals surface area contributed by atoms with Crippen molar-refractivity contribution in [2.75, 3.05) is 6.61 Å². The summed E-state index contributed by atoms with van der Waals surface area (Å²) in [5.41, 5.74) is 4.43. The van der Waals surface area contributed by atoms with Gasteiger partial charge in [0.25, 0.3) is 11.8 Å². The van der Waals surface area contributed by atoms with E-state index >= 15 is 0 Å². The van der Waals surface area contributed by atoms with E-state index < -0.39 is 17.8 Å². The summed E-state index contributed by atoms with van der Waals surface area (Å²) < 4.78 is 5.20. The third kappa shape index (κ3) is 5.62. The van der Waals surface area contributed by atoms with Crippen molar-refractivity contribution in [2.24, 2.45) is 0 Å². The molecule has 0 unspecified atom stereocenters. The third-order valence-corrected chi connectivity index (χ3v) is 3.01. The summed E-state index contributed by atoms with van der Waals surface area (Å²) in [6.45, 7) is -0.282. The van der Waals surface area contributed by atoms with Gasteiger partial charge in [-0.2, -0.15) is 0 Å². The normalized spacial score (nSPS) is 9.71. The van der Waals surface area contributed by atoms with Crippen LogP contribution in [0.5, 0.6) is 5.75 Å². The number of hydrogen-bond acceptors (Lipinski definition) is 4. The molecule has 0 saturated heterocycles. The first-order chi connectivity index (χ1) is 11.5. The van der Waals surface area contributed by atoms with Gasteiger partial charge in [0, 0.05) is 10.6 Å². The van der Waals surface area contributed by atoms with Crippen LogP contribution in [0.25, 0.3) is 0 Å². The smallest absolute Gasteiger partial charge is 0.340 e. The van der Waals surface area contributed by atoms with Crippen molar-refractivity contribution in [2.45, 2.75) is 0 Å². The molecule has 0 aliphatic heterocycles. The largest absolute Gasteiger partial charge is 0.484 e. The number of imide groups is 1. The van der Waals surface area contributed by atoms with E-state index in [2.05, 4.69) is 16.2 Å². The molecule has 24 heavy (non-hydrogen) atoms. The van der Waals surface area contributed by atoms with Crippen LogP contribution in [0.3, 0.4) is 0 Å². The molecule has 0 fully saturated rings. The molecule has 3 N–H and O–H groups in total. The Kier molecular flexibility index (Phi) is 6.16. The molecule has 0 saturated carbocycles. The number of hydrogen-bond donors (Lipinski definition) is 3. The van der Waals surface area contributed by atoms with Crippen molar-refractivity contribution in [3.05, 3.63) is 65.2 Å². The molecule has 0 aliphatic carbocycles. The first kappa shape index (κ1) is 17.3. The predicted molar refractivity (Wildman–Crippen MR) is 87.5 cm³/mol. The van der Waals surface area contributed by atoms with Gasteiger partial charge in [0.05, 0.1) is 0 Å². The number of hydrazine groups is 1. The van der Waals surface area contributed by atoms with Crippen LogP contribution in [0.15, 0.2) is 54.6 Å². The van der Waals surface area contributed by atoms with Gasteiger partial charge in [0.15, 0.2) is 6.61 Å². The number of benzene rings is 2. The van der Waals surface area contributed by atoms with E-state index in [1.165, 1.54) is 24.3 Å². The monoisotopic (exact) mass is 347 g/mol. The number of rotatable bonds is 4. The molecule has 4 amide bonds. The fraction of sp³-hybridized carbons (Fsp3) is 0.0625. The lowest BCUT2D eigenvalue weighted by atomic mass is 10.2. The molecule has 124 valence electrons. The highest BCUT2D eigenvalue weighted by atomic mass is 35.5. The zero-order valence-corrected chi connectivity index (χ0v) is 13.2. The quantitative estimate of drug-likeness (QED) is 0.736. The van der Waals surface area contributed by atoms with Crippen LogP contribution in [-0.2, 0) is 4.79 Å². The highest BCUT2D eigenvalue weighted by molar-refractivity contribution is 6.30. The summed E-state index contributed by atoms with van der Waals surface area (Å²) in [5, 5.41) is 2.53. The second kappa shape index (κ2) is 8.54. The Bertz CT molecular complexity index is 720. The van der Waals surface area contributed by atoms with Crippen LogP contribution >= 0.6 is 11.6 Å². The van der Waals surface area contributed by atoms with Crippen molar-refractivity contribution in [3.8, 4) is 5.75 Å². The van der Waals surface area contributed by atoms with Crippen molar-refractivity contribution in [1.82, 2.24) is 16.2 Å². The minimum atomic E-state index is -0.872. The second-order valence-electron chi connectivity index (χ2n) is 4.57. The summed E-state index contributed by atoms with van der Waals surface area (Å²) in [6, 6.07) is 13.8. The zero-order chi connectivity index (χ0) is 17.4. The van der Waals surface area contributed by atoms with E-state index in [9.17, 15) is 14.4 Å². The van der Waals surface area contributed by atoms with Gasteiger partial charge in [-0.05, 0) is 36.4 Å². The Morgan fingerprint density at radius 3 is 2.25 bits per heavy atom. The molecule has 0 heterocycles. The molecule has 0 aromatic heterocycles. The van der Waals surface area contributed by atoms with Gasteiger partial charge in [-0.15, -0.1) is 0 Å². The minimum Gasteiger partial charge on any atom is -0.484 e. The maximum Gasteiger partial charge on any atom is 0.340 e. The van der Waals surface area contributed by atoms with Crippen LogP contribution in [-0.4, -0.2) is 24.5 Å². The van der Waals surface area contributed by atoms with Crippen LogP contribution in [0.1, 0.15) is 10.4 Å². The number of amides is 4. The molecule has 0 atom stereocenters. The topological polar surface area (TPSA) is 96.5 Å². The van der Waals surface area contributed by atoms with Gasteiger partial charge < -0.3 is 4.74 Å². The number of ether oxygens (including phenoxy) is 1. The average Bonchev–Trinajstić information content (AvgIpc) is 2.59. The van der Waals surface area contributed by atoms with Gasteiger partial charge in [-0.3, -0.25) is 20.3 Å². The lowest BCUT2D eigenvalue weighted by Crippen LogP contribution is -2.49. The number of para-hydroxylation sites is 1. The van der Waals surface area contributed by atoms with E-state index in [0.717, 1.165) is 0 Å². The summed E-state index contributed by atoms with van der Waals surface area (Å²) in [7, 11) is 0. The molecule has 0 radical (unpaired) electrons. The van der Waals surface area contributed by atoms with Gasteiger partial charge in [-0.25, -0.2) is 10.2 Å². The Labute approximate surface area is 142 Å². The number of urea groups is 1. The van der Waals surface area contributed by atoms with E-state index in [1.807, 2.05) is 6.07 Å². The van der Waals surface area contributed by atoms with Crippen LogP contribution in [0.2, 0.25) is 5.02 Å². The lowest BCUT2D eigenvalue weighted by Gasteiger charge is -2.09. The van der Waals surface area contributed by atoms with E-state index in [1.54, 1.807) is 24.3 Å². The van der Waals surface area contributed by atoms with Crippen LogP contribution in [0.4, 0.5) is 4.79 Å². The molecule has 2 rings (SSSR count). The number of halogens is 1. The van der Waals surface area contributed by atoms with Gasteiger partial charge >= 0.3 is 6.03 Å². The minimum absolute atomic E-state index is 0.258. The molecule has 0 aliphatic rings. The molecule has 2 aromatic carbocycles. The molecular weight excluding hydrogens is 334 g/mol. The van der Waals surface area contributed by atoms with Crippen molar-refractivity contribution in [1.29, 1.82) is 0 Å². The van der Waals surface area contributed by atoms with Gasteiger partial charge in [-0.1, -0.05) is 29.8 Å². The van der Waals surface area contributed by atoms with Gasteiger partial charge in [0.2, 0.25) is 0 Å². The fourth-order valence-electron chi connectivity index (χ4n) is 1.64. The molecule has 0 bridgehead atoms. The van der Waals surface area contributed by atoms with Crippen LogP contribution in [0, 0.1) is 0 Å². The zero-order valence-electron chi connectivity index (χ0n) is 12.4.